The second-order valence-corrected chi connectivity index (χ2v) is 8.27. The number of hydrogen-bond donors (Lipinski definition) is 0. The van der Waals surface area contributed by atoms with Crippen molar-refractivity contribution < 1.29 is 22.8 Å². The average Bonchev–Trinajstić information content (AvgIpc) is 3.17. The molecule has 2 aliphatic rings. The fourth-order valence-corrected chi connectivity index (χ4v) is 4.44. The maximum Gasteiger partial charge on any atom is 0.416 e. The second-order valence-electron chi connectivity index (χ2n) is 8.27. The molecule has 0 radical (unpaired) electrons. The molecule has 2 aliphatic heterocycles. The molecule has 0 bridgehead atoms. The monoisotopic (exact) mass is 445 g/mol. The number of rotatable bonds is 5. The zero-order valence-corrected chi connectivity index (χ0v) is 17.7. The molecule has 5 nitrogen and oxygen atoms in total. The number of carbonyl (C=O) groups is 2. The maximum absolute atomic E-state index is 12.9. The highest BCUT2D eigenvalue weighted by Gasteiger charge is 2.37. The van der Waals surface area contributed by atoms with Crippen molar-refractivity contribution in [1.29, 1.82) is 0 Å². The van der Waals surface area contributed by atoms with Gasteiger partial charge in [-0.2, -0.15) is 13.2 Å². The molecule has 2 fully saturated rings. The number of halogens is 3. The van der Waals surface area contributed by atoms with Gasteiger partial charge in [0.2, 0.25) is 5.91 Å². The van der Waals surface area contributed by atoms with Gasteiger partial charge in [0, 0.05) is 44.8 Å². The summed E-state index contributed by atoms with van der Waals surface area (Å²) in [4.78, 5) is 31.2. The van der Waals surface area contributed by atoms with Crippen LogP contribution in [0.1, 0.15) is 27.9 Å². The largest absolute Gasteiger partial charge is 0.416 e. The SMILES string of the molecule is O=C(c1cccc(C(F)(F)F)c1)N1CCN(C2CCN(CCc3ccccc3)C2=O)CC1. The van der Waals surface area contributed by atoms with Gasteiger partial charge in [-0.1, -0.05) is 36.4 Å². The van der Waals surface area contributed by atoms with Gasteiger partial charge in [0.05, 0.1) is 11.6 Å². The molecule has 8 heteroatoms. The summed E-state index contributed by atoms with van der Waals surface area (Å²) in [6, 6.07) is 14.4. The van der Waals surface area contributed by atoms with Gasteiger partial charge in [0.15, 0.2) is 0 Å². The van der Waals surface area contributed by atoms with Crippen molar-refractivity contribution >= 4 is 11.8 Å². The quantitative estimate of drug-likeness (QED) is 0.710. The normalized spacial score (nSPS) is 20.1. The molecule has 32 heavy (non-hydrogen) atoms. The Labute approximate surface area is 185 Å². The standard InChI is InChI=1S/C24H26F3N3O2/c25-24(26,27)20-8-4-7-19(17-20)22(31)30-15-13-28(14-16-30)21-10-12-29(23(21)32)11-9-18-5-2-1-3-6-18/h1-8,17,21H,9-16H2. The highest BCUT2D eigenvalue weighted by Crippen LogP contribution is 2.30. The molecule has 1 unspecified atom stereocenters. The third kappa shape index (κ3) is 4.96. The highest BCUT2D eigenvalue weighted by molar-refractivity contribution is 5.94. The summed E-state index contributed by atoms with van der Waals surface area (Å²) < 4.78 is 38.8. The Bertz CT molecular complexity index is 956. The molecule has 170 valence electrons. The Morgan fingerprint density at radius 1 is 0.938 bits per heavy atom. The van der Waals surface area contributed by atoms with E-state index in [0.717, 1.165) is 31.5 Å². The lowest BCUT2D eigenvalue weighted by atomic mass is 10.1. The molecular formula is C24H26F3N3O2. The predicted octanol–water partition coefficient (Wildman–Crippen LogP) is 3.31. The first-order chi connectivity index (χ1) is 15.3. The van der Waals surface area contributed by atoms with Crippen molar-refractivity contribution in [2.24, 2.45) is 0 Å². The van der Waals surface area contributed by atoms with Crippen molar-refractivity contribution in [2.45, 2.75) is 25.1 Å². The lowest BCUT2D eigenvalue weighted by molar-refractivity contribution is -0.137. The molecule has 0 aromatic heterocycles. The van der Waals surface area contributed by atoms with E-state index >= 15 is 0 Å². The number of amides is 2. The van der Waals surface area contributed by atoms with Crippen molar-refractivity contribution in [3.8, 4) is 0 Å². The second kappa shape index (κ2) is 9.32. The van der Waals surface area contributed by atoms with Crippen LogP contribution in [0, 0.1) is 0 Å². The summed E-state index contributed by atoms with van der Waals surface area (Å²) in [7, 11) is 0. The molecule has 0 N–H and O–H groups in total. The van der Waals surface area contributed by atoms with Crippen LogP contribution in [0.2, 0.25) is 0 Å². The minimum Gasteiger partial charge on any atom is -0.341 e. The van der Waals surface area contributed by atoms with Gasteiger partial charge in [-0.05, 0) is 36.6 Å². The van der Waals surface area contributed by atoms with Gasteiger partial charge in [0.1, 0.15) is 0 Å². The van der Waals surface area contributed by atoms with Crippen molar-refractivity contribution in [3.05, 3.63) is 71.3 Å². The summed E-state index contributed by atoms with van der Waals surface area (Å²) in [6.07, 6.45) is -2.90. The fraction of sp³-hybridized carbons (Fsp3) is 0.417. The predicted molar refractivity (Wildman–Crippen MR) is 114 cm³/mol. The van der Waals surface area contributed by atoms with E-state index in [2.05, 4.69) is 17.0 Å². The van der Waals surface area contributed by atoms with E-state index in [9.17, 15) is 22.8 Å². The Hall–Kier alpha value is -2.87. The minimum absolute atomic E-state index is 0.0392. The number of alkyl halides is 3. The molecule has 4 rings (SSSR count). The molecule has 0 saturated carbocycles. The van der Waals surface area contributed by atoms with Crippen LogP contribution < -0.4 is 0 Å². The first-order valence-electron chi connectivity index (χ1n) is 10.9. The Kier molecular flexibility index (Phi) is 6.50. The highest BCUT2D eigenvalue weighted by atomic mass is 19.4. The van der Waals surface area contributed by atoms with Crippen LogP contribution in [-0.4, -0.2) is 71.8 Å². The summed E-state index contributed by atoms with van der Waals surface area (Å²) in [6.45, 7) is 3.26. The number of carbonyl (C=O) groups excluding carboxylic acids is 2. The maximum atomic E-state index is 12.9. The van der Waals surface area contributed by atoms with E-state index in [-0.39, 0.29) is 17.5 Å². The Balaban J connectivity index is 1.30. The summed E-state index contributed by atoms with van der Waals surface area (Å²) in [5, 5.41) is 0. The molecule has 2 aromatic carbocycles. The summed E-state index contributed by atoms with van der Waals surface area (Å²) in [5.74, 6) is -0.281. The van der Waals surface area contributed by atoms with Crippen LogP contribution in [0.25, 0.3) is 0 Å². The van der Waals surface area contributed by atoms with Crippen molar-refractivity contribution in [3.63, 3.8) is 0 Å². The van der Waals surface area contributed by atoms with Crippen LogP contribution in [-0.2, 0) is 17.4 Å². The number of likely N-dealkylation sites (tertiary alicyclic amines) is 1. The van der Waals surface area contributed by atoms with E-state index in [4.69, 9.17) is 0 Å². The summed E-state index contributed by atoms with van der Waals surface area (Å²) in [5.41, 5.74) is 0.414. The zero-order valence-electron chi connectivity index (χ0n) is 17.7. The van der Waals surface area contributed by atoms with E-state index in [1.807, 2.05) is 23.1 Å². The first kappa shape index (κ1) is 22.3. The van der Waals surface area contributed by atoms with E-state index in [1.54, 1.807) is 4.90 Å². The number of piperazine rings is 1. The zero-order chi connectivity index (χ0) is 22.7. The Morgan fingerprint density at radius 2 is 1.66 bits per heavy atom. The first-order valence-corrected chi connectivity index (χ1v) is 10.9. The molecule has 2 aromatic rings. The van der Waals surface area contributed by atoms with E-state index in [1.165, 1.54) is 17.7 Å². The number of benzene rings is 2. The minimum atomic E-state index is -4.48. The van der Waals surface area contributed by atoms with Crippen molar-refractivity contribution in [1.82, 2.24) is 14.7 Å². The van der Waals surface area contributed by atoms with Gasteiger partial charge >= 0.3 is 6.18 Å². The third-order valence-corrected chi connectivity index (χ3v) is 6.26. The third-order valence-electron chi connectivity index (χ3n) is 6.26. The van der Waals surface area contributed by atoms with Gasteiger partial charge in [-0.15, -0.1) is 0 Å². The molecule has 0 spiro atoms. The lowest BCUT2D eigenvalue weighted by Crippen LogP contribution is -2.53. The number of nitrogens with zero attached hydrogens (tertiary/aromatic N) is 3. The van der Waals surface area contributed by atoms with Crippen LogP contribution in [0.3, 0.4) is 0 Å². The van der Waals surface area contributed by atoms with Gasteiger partial charge < -0.3 is 9.80 Å². The van der Waals surface area contributed by atoms with Crippen LogP contribution >= 0.6 is 0 Å². The molecule has 2 heterocycles. The van der Waals surface area contributed by atoms with E-state index in [0.29, 0.717) is 32.7 Å². The smallest absolute Gasteiger partial charge is 0.341 e. The average molecular weight is 445 g/mol. The Morgan fingerprint density at radius 3 is 2.34 bits per heavy atom. The van der Waals surface area contributed by atoms with Crippen LogP contribution in [0.15, 0.2) is 54.6 Å². The molecule has 2 amide bonds. The molecule has 1 atom stereocenters. The fourth-order valence-electron chi connectivity index (χ4n) is 4.44. The van der Waals surface area contributed by atoms with Gasteiger partial charge in [-0.25, -0.2) is 0 Å². The van der Waals surface area contributed by atoms with Crippen LogP contribution in [0.4, 0.5) is 13.2 Å². The summed E-state index contributed by atoms with van der Waals surface area (Å²) >= 11 is 0. The molecule has 0 aliphatic carbocycles. The number of hydrogen-bond acceptors (Lipinski definition) is 3. The van der Waals surface area contributed by atoms with E-state index < -0.39 is 17.6 Å². The van der Waals surface area contributed by atoms with Gasteiger partial charge in [0.25, 0.3) is 5.91 Å². The molecular weight excluding hydrogens is 419 g/mol. The van der Waals surface area contributed by atoms with Crippen molar-refractivity contribution in [2.75, 3.05) is 39.3 Å². The van der Waals surface area contributed by atoms with Gasteiger partial charge in [-0.3, -0.25) is 14.5 Å². The lowest BCUT2D eigenvalue weighted by Gasteiger charge is -2.37. The van der Waals surface area contributed by atoms with Crippen LogP contribution in [0.5, 0.6) is 0 Å². The topological polar surface area (TPSA) is 43.9 Å². The molecule has 2 saturated heterocycles.